The number of nitrogen functional groups attached to an aromatic ring is 1. The van der Waals surface area contributed by atoms with Crippen LogP contribution in [0, 0.1) is 5.92 Å². The number of carbonyl (C=O) groups is 1. The van der Waals surface area contributed by atoms with E-state index in [0.717, 1.165) is 48.9 Å². The number of anilines is 1. The van der Waals surface area contributed by atoms with E-state index in [1.807, 2.05) is 18.2 Å². The van der Waals surface area contributed by atoms with Gasteiger partial charge in [-0.25, -0.2) is 13.1 Å². The minimum Gasteiger partial charge on any atom is -0.399 e. The predicted molar refractivity (Wildman–Crippen MR) is 108 cm³/mol. The van der Waals surface area contributed by atoms with Crippen molar-refractivity contribution in [3.05, 3.63) is 59.2 Å². The molecule has 1 amide bonds. The quantitative estimate of drug-likeness (QED) is 0.650. The van der Waals surface area contributed by atoms with Crippen molar-refractivity contribution in [3.8, 4) is 0 Å². The van der Waals surface area contributed by atoms with Crippen molar-refractivity contribution in [1.29, 1.82) is 0 Å². The molecule has 1 saturated carbocycles. The third-order valence-corrected chi connectivity index (χ3v) is 6.87. The van der Waals surface area contributed by atoms with Crippen LogP contribution in [0.4, 0.5) is 5.69 Å². The largest absolute Gasteiger partial charge is 0.399 e. The minimum absolute atomic E-state index is 0.0925. The van der Waals surface area contributed by atoms with E-state index in [1.165, 1.54) is 12.1 Å². The third kappa shape index (κ3) is 4.20. The Morgan fingerprint density at radius 3 is 2.71 bits per heavy atom. The molecule has 0 aromatic heterocycles. The fourth-order valence-corrected chi connectivity index (χ4v) is 4.82. The number of benzene rings is 2. The van der Waals surface area contributed by atoms with Crippen molar-refractivity contribution in [3.63, 3.8) is 0 Å². The molecule has 0 bridgehead atoms. The number of hydrogen-bond donors (Lipinski definition) is 3. The third-order valence-electron chi connectivity index (χ3n) is 5.45. The summed E-state index contributed by atoms with van der Waals surface area (Å²) in [7, 11) is -3.60. The zero-order valence-electron chi connectivity index (χ0n) is 15.6. The molecule has 0 spiro atoms. The number of nitrogens with two attached hydrogens (primary N) is 1. The standard InChI is InChI=1S/C21H25N3O3S/c22-17-9-10-19-15(11-17)3-2-6-20(19)24-21(25)16-4-1-5-18(12-16)28(26,27)23-13-14-7-8-14/h1,4-5,9-12,14,20,23H,2-3,6-8,13,22H2,(H,24,25). The highest BCUT2D eigenvalue weighted by molar-refractivity contribution is 7.89. The van der Waals surface area contributed by atoms with Crippen LogP contribution in [0.2, 0.25) is 0 Å². The molecule has 0 aliphatic heterocycles. The van der Waals surface area contributed by atoms with E-state index in [1.54, 1.807) is 12.1 Å². The Bertz CT molecular complexity index is 1000. The molecule has 28 heavy (non-hydrogen) atoms. The maximum absolute atomic E-state index is 12.8. The number of fused-ring (bicyclic) bond motifs is 1. The maximum Gasteiger partial charge on any atom is 0.251 e. The van der Waals surface area contributed by atoms with Gasteiger partial charge >= 0.3 is 0 Å². The molecule has 148 valence electrons. The molecular formula is C21H25N3O3S. The fraction of sp³-hybridized carbons (Fsp3) is 0.381. The number of nitrogens with one attached hydrogen (secondary N) is 2. The molecule has 1 fully saturated rings. The summed E-state index contributed by atoms with van der Waals surface area (Å²) in [5.74, 6) is 0.176. The molecule has 6 nitrogen and oxygen atoms in total. The van der Waals surface area contributed by atoms with Crippen LogP contribution in [-0.2, 0) is 16.4 Å². The highest BCUT2D eigenvalue weighted by Crippen LogP contribution is 2.31. The molecule has 2 aliphatic carbocycles. The summed E-state index contributed by atoms with van der Waals surface area (Å²) in [6, 6.07) is 11.9. The Morgan fingerprint density at radius 1 is 1.11 bits per heavy atom. The summed E-state index contributed by atoms with van der Waals surface area (Å²) in [5.41, 5.74) is 9.19. The van der Waals surface area contributed by atoms with Crippen molar-refractivity contribution >= 4 is 21.6 Å². The van der Waals surface area contributed by atoms with Gasteiger partial charge in [-0.1, -0.05) is 12.1 Å². The first-order valence-corrected chi connectivity index (χ1v) is 11.2. The molecule has 1 atom stereocenters. The van der Waals surface area contributed by atoms with Gasteiger partial charge in [0.25, 0.3) is 5.91 Å². The molecule has 2 aliphatic rings. The molecule has 1 unspecified atom stereocenters. The number of carbonyl (C=O) groups excluding carboxylic acids is 1. The molecule has 0 saturated heterocycles. The average molecular weight is 400 g/mol. The SMILES string of the molecule is Nc1ccc2c(c1)CCCC2NC(=O)c1cccc(S(=O)(=O)NCC2CC2)c1. The second-order valence-corrected chi connectivity index (χ2v) is 9.47. The summed E-state index contributed by atoms with van der Waals surface area (Å²) in [4.78, 5) is 12.9. The van der Waals surface area contributed by atoms with Gasteiger partial charge < -0.3 is 11.1 Å². The van der Waals surface area contributed by atoms with Crippen molar-refractivity contribution in [2.75, 3.05) is 12.3 Å². The second kappa shape index (κ2) is 7.56. The van der Waals surface area contributed by atoms with Gasteiger partial charge in [0.05, 0.1) is 10.9 Å². The van der Waals surface area contributed by atoms with Gasteiger partial charge in [-0.2, -0.15) is 0 Å². The highest BCUT2D eigenvalue weighted by Gasteiger charge is 2.25. The number of amides is 1. The van der Waals surface area contributed by atoms with Gasteiger partial charge in [0.15, 0.2) is 0 Å². The lowest BCUT2D eigenvalue weighted by Gasteiger charge is -2.26. The Hall–Kier alpha value is -2.38. The number of hydrogen-bond acceptors (Lipinski definition) is 4. The first-order chi connectivity index (χ1) is 13.4. The normalized spacial score (nSPS) is 19.1. The van der Waals surface area contributed by atoms with Gasteiger partial charge in [-0.05, 0) is 79.5 Å². The van der Waals surface area contributed by atoms with Gasteiger partial charge in [-0.15, -0.1) is 0 Å². The van der Waals surface area contributed by atoms with E-state index in [9.17, 15) is 13.2 Å². The molecule has 7 heteroatoms. The average Bonchev–Trinajstić information content (AvgIpc) is 3.51. The Kier molecular flexibility index (Phi) is 5.12. The van der Waals surface area contributed by atoms with E-state index in [2.05, 4.69) is 10.0 Å². The topological polar surface area (TPSA) is 101 Å². The van der Waals surface area contributed by atoms with E-state index < -0.39 is 10.0 Å². The van der Waals surface area contributed by atoms with E-state index in [4.69, 9.17) is 5.73 Å². The number of aryl methyl sites for hydroxylation is 1. The van der Waals surface area contributed by atoms with Crippen LogP contribution in [0.1, 0.15) is 53.2 Å². The molecule has 0 heterocycles. The fourth-order valence-electron chi connectivity index (χ4n) is 3.66. The molecule has 0 radical (unpaired) electrons. The molecule has 4 rings (SSSR count). The van der Waals surface area contributed by atoms with Crippen LogP contribution in [0.15, 0.2) is 47.4 Å². The van der Waals surface area contributed by atoms with Crippen LogP contribution in [-0.4, -0.2) is 20.9 Å². The molecule has 2 aromatic rings. The maximum atomic E-state index is 12.8. The Labute approximate surface area is 165 Å². The van der Waals surface area contributed by atoms with Gasteiger partial charge in [0, 0.05) is 17.8 Å². The van der Waals surface area contributed by atoms with Crippen LogP contribution < -0.4 is 15.8 Å². The zero-order valence-corrected chi connectivity index (χ0v) is 16.5. The van der Waals surface area contributed by atoms with Gasteiger partial charge in [0.1, 0.15) is 0 Å². The minimum atomic E-state index is -3.60. The lowest BCUT2D eigenvalue weighted by atomic mass is 9.87. The predicted octanol–water partition coefficient (Wildman–Crippen LogP) is 2.76. The lowest BCUT2D eigenvalue weighted by molar-refractivity contribution is 0.0932. The number of rotatable bonds is 6. The van der Waals surface area contributed by atoms with E-state index in [0.29, 0.717) is 18.0 Å². The van der Waals surface area contributed by atoms with Gasteiger partial charge in [0.2, 0.25) is 10.0 Å². The van der Waals surface area contributed by atoms with Crippen LogP contribution in [0.5, 0.6) is 0 Å². The van der Waals surface area contributed by atoms with Crippen molar-refractivity contribution in [1.82, 2.24) is 10.0 Å². The van der Waals surface area contributed by atoms with Crippen LogP contribution >= 0.6 is 0 Å². The molecule has 2 aromatic carbocycles. The summed E-state index contributed by atoms with van der Waals surface area (Å²) < 4.78 is 27.6. The first-order valence-electron chi connectivity index (χ1n) is 9.71. The number of sulfonamides is 1. The van der Waals surface area contributed by atoms with E-state index in [-0.39, 0.29) is 16.8 Å². The first kappa shape index (κ1) is 19.0. The molecular weight excluding hydrogens is 374 g/mol. The van der Waals surface area contributed by atoms with E-state index >= 15 is 0 Å². The van der Waals surface area contributed by atoms with Crippen LogP contribution in [0.3, 0.4) is 0 Å². The summed E-state index contributed by atoms with van der Waals surface area (Å²) in [6.07, 6.45) is 4.91. The summed E-state index contributed by atoms with van der Waals surface area (Å²) in [5, 5.41) is 3.05. The van der Waals surface area contributed by atoms with Gasteiger partial charge in [-0.3, -0.25) is 4.79 Å². The smallest absolute Gasteiger partial charge is 0.251 e. The highest BCUT2D eigenvalue weighted by atomic mass is 32.2. The summed E-state index contributed by atoms with van der Waals surface area (Å²) >= 11 is 0. The zero-order chi connectivity index (χ0) is 19.7. The summed E-state index contributed by atoms with van der Waals surface area (Å²) in [6.45, 7) is 0.459. The Balaban J connectivity index is 1.50. The molecule has 4 N–H and O–H groups in total. The van der Waals surface area contributed by atoms with Crippen molar-refractivity contribution < 1.29 is 13.2 Å². The van der Waals surface area contributed by atoms with Crippen molar-refractivity contribution in [2.45, 2.75) is 43.0 Å². The van der Waals surface area contributed by atoms with Crippen molar-refractivity contribution in [2.24, 2.45) is 5.92 Å². The van der Waals surface area contributed by atoms with Crippen LogP contribution in [0.25, 0.3) is 0 Å². The monoisotopic (exact) mass is 399 g/mol. The Morgan fingerprint density at radius 2 is 1.93 bits per heavy atom. The second-order valence-electron chi connectivity index (χ2n) is 7.70. The lowest BCUT2D eigenvalue weighted by Crippen LogP contribution is -2.31.